The van der Waals surface area contributed by atoms with Crippen molar-refractivity contribution in [2.45, 2.75) is 6.42 Å². The zero-order valence-electron chi connectivity index (χ0n) is 10.0. The summed E-state index contributed by atoms with van der Waals surface area (Å²) in [7, 11) is 0. The van der Waals surface area contributed by atoms with Crippen LogP contribution in [0, 0.1) is 0 Å². The molecule has 0 spiro atoms. The molecule has 5 heteroatoms. The van der Waals surface area contributed by atoms with Crippen molar-refractivity contribution in [3.63, 3.8) is 0 Å². The normalized spacial score (nSPS) is 10.5. The number of amides is 1. The van der Waals surface area contributed by atoms with Gasteiger partial charge in [-0.3, -0.25) is 4.79 Å². The molecule has 0 aliphatic heterocycles. The highest BCUT2D eigenvalue weighted by molar-refractivity contribution is 7.18. The van der Waals surface area contributed by atoms with Gasteiger partial charge in [-0.25, -0.2) is 9.97 Å². The average Bonchev–Trinajstić information content (AvgIpc) is 2.81. The molecule has 0 aliphatic carbocycles. The van der Waals surface area contributed by atoms with Gasteiger partial charge in [0.1, 0.15) is 15.4 Å². The van der Waals surface area contributed by atoms with Crippen molar-refractivity contribution in [3.8, 4) is 0 Å². The third-order valence-corrected chi connectivity index (χ3v) is 3.56. The molecule has 1 aromatic carbocycles. The summed E-state index contributed by atoms with van der Waals surface area (Å²) in [5.74, 6) is -0.0646. The summed E-state index contributed by atoms with van der Waals surface area (Å²) in [6, 6.07) is 13.1. The number of hydrogen-bond acceptors (Lipinski definition) is 4. The number of para-hydroxylation sites is 1. The molecule has 0 radical (unpaired) electrons. The number of carbonyl (C=O) groups is 1. The first kappa shape index (κ1) is 11.8. The van der Waals surface area contributed by atoms with Gasteiger partial charge in [-0.1, -0.05) is 29.5 Å². The van der Waals surface area contributed by atoms with Crippen LogP contribution in [0.15, 0.2) is 48.7 Å². The molecule has 0 fully saturated rings. The third kappa shape index (κ3) is 2.77. The Labute approximate surface area is 114 Å². The van der Waals surface area contributed by atoms with Gasteiger partial charge in [-0.05, 0) is 24.3 Å². The molecule has 1 amide bonds. The number of fused-ring (bicyclic) bond motifs is 1. The summed E-state index contributed by atoms with van der Waals surface area (Å²) in [6.45, 7) is 0. The maximum Gasteiger partial charge on any atom is 0.231 e. The molecular weight excluding hydrogens is 258 g/mol. The fourth-order valence-corrected chi connectivity index (χ4v) is 2.66. The monoisotopic (exact) mass is 269 g/mol. The van der Waals surface area contributed by atoms with Crippen molar-refractivity contribution in [2.24, 2.45) is 0 Å². The average molecular weight is 269 g/mol. The second-order valence-corrected chi connectivity index (χ2v) is 5.09. The quantitative estimate of drug-likeness (QED) is 0.795. The fraction of sp³-hybridized carbons (Fsp3) is 0.0714. The minimum Gasteiger partial charge on any atom is -0.326 e. The summed E-state index contributed by atoms with van der Waals surface area (Å²) in [6.07, 6.45) is 2.00. The topological polar surface area (TPSA) is 54.9 Å². The lowest BCUT2D eigenvalue weighted by Gasteiger charge is -2.02. The second kappa shape index (κ2) is 5.16. The maximum atomic E-state index is 11.9. The van der Waals surface area contributed by atoms with Crippen molar-refractivity contribution in [2.75, 3.05) is 5.32 Å². The Morgan fingerprint density at radius 1 is 1.16 bits per heavy atom. The van der Waals surface area contributed by atoms with Gasteiger partial charge in [0.15, 0.2) is 0 Å². The summed E-state index contributed by atoms with van der Waals surface area (Å²) in [5, 5.41) is 3.62. The molecule has 0 bridgehead atoms. The van der Waals surface area contributed by atoms with Gasteiger partial charge in [-0.15, -0.1) is 0 Å². The number of benzene rings is 1. The van der Waals surface area contributed by atoms with E-state index in [1.807, 2.05) is 42.5 Å². The standard InChI is InChI=1S/C14H11N3OS/c18-12(16-10-5-2-1-3-6-10)9-13-17-11-7-4-8-15-14(11)19-13/h1-8H,9H2,(H,16,18). The maximum absolute atomic E-state index is 11.9. The summed E-state index contributed by atoms with van der Waals surface area (Å²) in [4.78, 5) is 21.4. The van der Waals surface area contributed by atoms with Crippen LogP contribution in [0.1, 0.15) is 5.01 Å². The summed E-state index contributed by atoms with van der Waals surface area (Å²) < 4.78 is 0. The van der Waals surface area contributed by atoms with Crippen LogP contribution in [-0.2, 0) is 11.2 Å². The molecule has 2 aromatic heterocycles. The number of hydrogen-bond donors (Lipinski definition) is 1. The lowest BCUT2D eigenvalue weighted by atomic mass is 10.3. The largest absolute Gasteiger partial charge is 0.326 e. The highest BCUT2D eigenvalue weighted by Crippen LogP contribution is 2.19. The van der Waals surface area contributed by atoms with Crippen LogP contribution in [0.4, 0.5) is 5.69 Å². The first-order valence-corrected chi connectivity index (χ1v) is 6.68. The molecule has 0 atom stereocenters. The number of aromatic nitrogens is 2. The van der Waals surface area contributed by atoms with Crippen molar-refractivity contribution in [1.82, 2.24) is 9.97 Å². The smallest absolute Gasteiger partial charge is 0.231 e. The molecule has 3 rings (SSSR count). The SMILES string of the molecule is O=C(Cc1nc2cccnc2s1)Nc1ccccc1. The molecule has 4 nitrogen and oxygen atoms in total. The molecule has 1 N–H and O–H groups in total. The molecular formula is C14H11N3OS. The van der Waals surface area contributed by atoms with E-state index in [9.17, 15) is 4.79 Å². The zero-order chi connectivity index (χ0) is 13.1. The van der Waals surface area contributed by atoms with E-state index in [4.69, 9.17) is 0 Å². The van der Waals surface area contributed by atoms with Crippen molar-refractivity contribution >= 4 is 33.3 Å². The highest BCUT2D eigenvalue weighted by Gasteiger charge is 2.09. The van der Waals surface area contributed by atoms with E-state index in [-0.39, 0.29) is 12.3 Å². The van der Waals surface area contributed by atoms with E-state index in [1.54, 1.807) is 6.20 Å². The van der Waals surface area contributed by atoms with Crippen LogP contribution in [0.2, 0.25) is 0 Å². The van der Waals surface area contributed by atoms with Crippen LogP contribution < -0.4 is 5.32 Å². The number of anilines is 1. The Morgan fingerprint density at radius 2 is 2.00 bits per heavy atom. The number of pyridine rings is 1. The molecule has 0 unspecified atom stereocenters. The van der Waals surface area contributed by atoms with Gasteiger partial charge in [0.2, 0.25) is 5.91 Å². The van der Waals surface area contributed by atoms with E-state index < -0.39 is 0 Å². The number of nitrogens with one attached hydrogen (secondary N) is 1. The van der Waals surface area contributed by atoms with Gasteiger partial charge < -0.3 is 5.32 Å². The highest BCUT2D eigenvalue weighted by atomic mass is 32.1. The van der Waals surface area contributed by atoms with Crippen molar-refractivity contribution < 1.29 is 4.79 Å². The summed E-state index contributed by atoms with van der Waals surface area (Å²) >= 11 is 1.45. The molecule has 0 aliphatic rings. The minimum absolute atomic E-state index is 0.0646. The Bertz CT molecular complexity index is 676. The first-order chi connectivity index (χ1) is 9.31. The van der Waals surface area contributed by atoms with Crippen LogP contribution in [-0.4, -0.2) is 15.9 Å². The van der Waals surface area contributed by atoms with Crippen LogP contribution >= 0.6 is 11.3 Å². The van der Waals surface area contributed by atoms with E-state index in [0.717, 1.165) is 21.0 Å². The van der Waals surface area contributed by atoms with Gasteiger partial charge in [0.25, 0.3) is 0 Å². The Balaban J connectivity index is 1.72. The summed E-state index contributed by atoms with van der Waals surface area (Å²) in [5.41, 5.74) is 1.64. The number of thiazole rings is 1. The first-order valence-electron chi connectivity index (χ1n) is 5.86. The zero-order valence-corrected chi connectivity index (χ0v) is 10.9. The van der Waals surface area contributed by atoms with Crippen LogP contribution in [0.5, 0.6) is 0 Å². The lowest BCUT2D eigenvalue weighted by molar-refractivity contribution is -0.115. The minimum atomic E-state index is -0.0646. The van der Waals surface area contributed by atoms with Crippen molar-refractivity contribution in [1.29, 1.82) is 0 Å². The molecule has 2 heterocycles. The number of rotatable bonds is 3. The molecule has 0 saturated carbocycles. The molecule has 19 heavy (non-hydrogen) atoms. The van der Waals surface area contributed by atoms with Crippen LogP contribution in [0.25, 0.3) is 10.3 Å². The van der Waals surface area contributed by atoms with E-state index in [1.165, 1.54) is 11.3 Å². The second-order valence-electron chi connectivity index (χ2n) is 4.03. The van der Waals surface area contributed by atoms with E-state index >= 15 is 0 Å². The van der Waals surface area contributed by atoms with Crippen LogP contribution in [0.3, 0.4) is 0 Å². The fourth-order valence-electron chi connectivity index (χ4n) is 1.75. The molecule has 94 valence electrons. The van der Waals surface area contributed by atoms with E-state index in [2.05, 4.69) is 15.3 Å². The Kier molecular flexibility index (Phi) is 3.20. The van der Waals surface area contributed by atoms with Gasteiger partial charge >= 0.3 is 0 Å². The molecule has 3 aromatic rings. The van der Waals surface area contributed by atoms with Gasteiger partial charge in [0, 0.05) is 11.9 Å². The van der Waals surface area contributed by atoms with E-state index in [0.29, 0.717) is 0 Å². The Morgan fingerprint density at radius 3 is 2.79 bits per heavy atom. The number of nitrogens with zero attached hydrogens (tertiary/aromatic N) is 2. The predicted octanol–water partition coefficient (Wildman–Crippen LogP) is 2.87. The Hall–Kier alpha value is -2.27. The predicted molar refractivity (Wildman–Crippen MR) is 76.2 cm³/mol. The van der Waals surface area contributed by atoms with Crippen molar-refractivity contribution in [3.05, 3.63) is 53.7 Å². The van der Waals surface area contributed by atoms with Gasteiger partial charge in [-0.2, -0.15) is 0 Å². The lowest BCUT2D eigenvalue weighted by Crippen LogP contribution is -2.13. The molecule has 0 saturated heterocycles. The number of carbonyl (C=O) groups excluding carboxylic acids is 1. The third-order valence-electron chi connectivity index (χ3n) is 2.58. The van der Waals surface area contributed by atoms with Gasteiger partial charge in [0.05, 0.1) is 6.42 Å².